The first-order valence-corrected chi connectivity index (χ1v) is 9.00. The highest BCUT2D eigenvalue weighted by molar-refractivity contribution is 5.68. The topological polar surface area (TPSA) is 52.2 Å². The summed E-state index contributed by atoms with van der Waals surface area (Å²) in [4.78, 5) is 16.7. The predicted molar refractivity (Wildman–Crippen MR) is 109 cm³/mol. The predicted octanol–water partition coefficient (Wildman–Crippen LogP) is 4.21. The highest BCUT2D eigenvalue weighted by atomic mass is 16.1. The number of rotatable bonds is 3. The van der Waals surface area contributed by atoms with Crippen LogP contribution in [0.1, 0.15) is 0 Å². The van der Waals surface area contributed by atoms with E-state index in [0.29, 0.717) is 5.78 Å². The van der Waals surface area contributed by atoms with Gasteiger partial charge in [-0.1, -0.05) is 78.9 Å². The summed E-state index contributed by atoms with van der Waals surface area (Å²) in [5.74, 6) is 1.21. The Bertz CT molecular complexity index is 1310. The lowest BCUT2D eigenvalue weighted by Crippen LogP contribution is -2.12. The van der Waals surface area contributed by atoms with Crippen LogP contribution in [-0.2, 0) is 0 Å². The summed E-state index contributed by atoms with van der Waals surface area (Å²) < 4.78 is 3.66. The van der Waals surface area contributed by atoms with Crippen LogP contribution in [0.3, 0.4) is 0 Å². The quantitative estimate of drug-likeness (QED) is 0.482. The van der Waals surface area contributed by atoms with Crippen LogP contribution in [0.15, 0.2) is 102 Å². The van der Waals surface area contributed by atoms with Crippen molar-refractivity contribution in [1.29, 1.82) is 0 Å². The summed E-state index contributed by atoms with van der Waals surface area (Å²) in [6.07, 6.45) is 0. The van der Waals surface area contributed by atoms with Gasteiger partial charge in [-0.2, -0.15) is 9.67 Å². The molecule has 0 amide bonds. The first-order chi connectivity index (χ1) is 13.8. The van der Waals surface area contributed by atoms with Gasteiger partial charge in [-0.25, -0.2) is 0 Å². The van der Waals surface area contributed by atoms with Gasteiger partial charge < -0.3 is 0 Å². The molecule has 0 aliphatic heterocycles. The number of hydrogen-bond donors (Lipinski definition) is 0. The van der Waals surface area contributed by atoms with Crippen LogP contribution >= 0.6 is 0 Å². The second-order valence-electron chi connectivity index (χ2n) is 6.42. The molecule has 5 nitrogen and oxygen atoms in total. The van der Waals surface area contributed by atoms with Crippen molar-refractivity contribution in [3.8, 4) is 28.3 Å². The van der Waals surface area contributed by atoms with E-state index in [1.165, 1.54) is 0 Å². The van der Waals surface area contributed by atoms with Crippen LogP contribution in [0.25, 0.3) is 34.1 Å². The Morgan fingerprint density at radius 1 is 0.679 bits per heavy atom. The van der Waals surface area contributed by atoms with Crippen molar-refractivity contribution >= 4 is 5.78 Å². The number of benzene rings is 3. The molecule has 0 spiro atoms. The molecule has 0 saturated carbocycles. The second kappa shape index (κ2) is 6.63. The third-order valence-corrected chi connectivity index (χ3v) is 4.61. The van der Waals surface area contributed by atoms with Gasteiger partial charge in [0, 0.05) is 11.6 Å². The Labute approximate surface area is 161 Å². The summed E-state index contributed by atoms with van der Waals surface area (Å²) in [6.45, 7) is 0. The van der Waals surface area contributed by atoms with Gasteiger partial charge in [-0.3, -0.25) is 9.20 Å². The zero-order valence-electron chi connectivity index (χ0n) is 14.9. The van der Waals surface area contributed by atoms with Gasteiger partial charge in [0.2, 0.25) is 5.78 Å². The molecule has 0 fully saturated rings. The summed E-state index contributed by atoms with van der Waals surface area (Å²) in [7, 11) is 0. The molecule has 134 valence electrons. The maximum Gasteiger partial charge on any atom is 0.275 e. The zero-order chi connectivity index (χ0) is 18.9. The van der Waals surface area contributed by atoms with Crippen LogP contribution in [0.2, 0.25) is 0 Å². The molecule has 5 heteroatoms. The lowest BCUT2D eigenvalue weighted by Gasteiger charge is -2.07. The fourth-order valence-electron chi connectivity index (χ4n) is 3.34. The fourth-order valence-corrected chi connectivity index (χ4v) is 3.34. The molecule has 5 rings (SSSR count). The van der Waals surface area contributed by atoms with Crippen molar-refractivity contribution < 1.29 is 0 Å². The van der Waals surface area contributed by atoms with E-state index in [1.807, 2.05) is 95.4 Å². The Morgan fingerprint density at radius 2 is 1.25 bits per heavy atom. The number of aromatic nitrogens is 4. The second-order valence-corrected chi connectivity index (χ2v) is 6.42. The van der Waals surface area contributed by atoms with E-state index >= 15 is 0 Å². The lowest BCUT2D eigenvalue weighted by molar-refractivity contribution is 0.895. The molecule has 0 aliphatic carbocycles. The smallest absolute Gasteiger partial charge is 0.267 e. The third-order valence-electron chi connectivity index (χ3n) is 4.61. The van der Waals surface area contributed by atoms with E-state index in [4.69, 9.17) is 5.10 Å². The van der Waals surface area contributed by atoms with Gasteiger partial charge in [-0.05, 0) is 17.7 Å². The highest BCUT2D eigenvalue weighted by Gasteiger charge is 2.18. The summed E-state index contributed by atoms with van der Waals surface area (Å²) in [5, 5.41) is 4.84. The minimum atomic E-state index is -0.296. The average Bonchev–Trinajstić information content (AvgIpc) is 3.14. The van der Waals surface area contributed by atoms with Crippen molar-refractivity contribution in [2.75, 3.05) is 0 Å². The van der Waals surface area contributed by atoms with E-state index in [9.17, 15) is 4.79 Å². The van der Waals surface area contributed by atoms with E-state index in [1.54, 1.807) is 10.7 Å². The Hall–Kier alpha value is -3.99. The number of hydrogen-bond acceptors (Lipinski definition) is 3. The minimum absolute atomic E-state index is 0.296. The van der Waals surface area contributed by atoms with Gasteiger partial charge in [0.05, 0.1) is 11.4 Å². The molecule has 0 radical (unpaired) electrons. The molecule has 0 N–H and O–H groups in total. The van der Waals surface area contributed by atoms with Gasteiger partial charge in [0.1, 0.15) is 0 Å². The first kappa shape index (κ1) is 16.2. The van der Waals surface area contributed by atoms with Crippen LogP contribution < -0.4 is 5.56 Å². The molecular formula is C23H16N4O. The summed E-state index contributed by atoms with van der Waals surface area (Å²) in [6, 6.07) is 31.0. The molecule has 0 atom stereocenters. The van der Waals surface area contributed by atoms with Crippen LogP contribution in [0.4, 0.5) is 0 Å². The fraction of sp³-hybridized carbons (Fsp3) is 0. The maximum absolute atomic E-state index is 12.4. The molecule has 2 aromatic heterocycles. The van der Waals surface area contributed by atoms with Crippen molar-refractivity contribution in [3.63, 3.8) is 0 Å². The summed E-state index contributed by atoms with van der Waals surface area (Å²) in [5.41, 5.74) is 3.19. The molecule has 0 bridgehead atoms. The largest absolute Gasteiger partial charge is 0.275 e. The molecule has 5 aromatic rings. The Kier molecular flexibility index (Phi) is 3.84. The minimum Gasteiger partial charge on any atom is -0.267 e. The SMILES string of the molecule is O=c1cc(-c2ccccc2)n2c(-c3ccccc3)nn(-c3ccccc3)c2n1. The van der Waals surface area contributed by atoms with E-state index < -0.39 is 0 Å². The van der Waals surface area contributed by atoms with Crippen molar-refractivity contribution in [2.45, 2.75) is 0 Å². The van der Waals surface area contributed by atoms with Crippen LogP contribution in [0.5, 0.6) is 0 Å². The van der Waals surface area contributed by atoms with E-state index in [-0.39, 0.29) is 5.56 Å². The van der Waals surface area contributed by atoms with Crippen molar-refractivity contribution in [2.24, 2.45) is 0 Å². The normalized spacial score (nSPS) is 11.0. The van der Waals surface area contributed by atoms with Gasteiger partial charge >= 0.3 is 0 Å². The molecule has 0 aliphatic rings. The molecular weight excluding hydrogens is 348 g/mol. The first-order valence-electron chi connectivity index (χ1n) is 9.00. The molecule has 3 aromatic carbocycles. The summed E-state index contributed by atoms with van der Waals surface area (Å²) >= 11 is 0. The highest BCUT2D eigenvalue weighted by Crippen LogP contribution is 2.26. The number of para-hydroxylation sites is 1. The average molecular weight is 364 g/mol. The van der Waals surface area contributed by atoms with E-state index in [0.717, 1.165) is 28.3 Å². The molecule has 0 unspecified atom stereocenters. The Morgan fingerprint density at radius 3 is 1.89 bits per heavy atom. The van der Waals surface area contributed by atoms with Gasteiger partial charge in [0.15, 0.2) is 5.82 Å². The van der Waals surface area contributed by atoms with Crippen molar-refractivity contribution in [3.05, 3.63) is 107 Å². The Balaban J connectivity index is 1.92. The van der Waals surface area contributed by atoms with Crippen molar-refractivity contribution in [1.82, 2.24) is 19.2 Å². The number of fused-ring (bicyclic) bond motifs is 1. The van der Waals surface area contributed by atoms with Gasteiger partial charge in [-0.15, -0.1) is 5.10 Å². The molecule has 28 heavy (non-hydrogen) atoms. The van der Waals surface area contributed by atoms with E-state index in [2.05, 4.69) is 4.98 Å². The maximum atomic E-state index is 12.4. The third kappa shape index (κ3) is 2.70. The monoisotopic (exact) mass is 364 g/mol. The van der Waals surface area contributed by atoms with Crippen LogP contribution in [-0.4, -0.2) is 19.2 Å². The standard InChI is InChI=1S/C23H16N4O/c28-21-16-20(17-10-4-1-5-11-17)26-22(18-12-6-2-7-13-18)25-27(23(26)24-21)19-14-8-3-9-15-19/h1-16H. The molecule has 2 heterocycles. The number of nitrogens with zero attached hydrogens (tertiary/aromatic N) is 4. The lowest BCUT2D eigenvalue weighted by atomic mass is 10.1. The van der Waals surface area contributed by atoms with Gasteiger partial charge in [0.25, 0.3) is 5.56 Å². The van der Waals surface area contributed by atoms with Crippen LogP contribution in [0, 0.1) is 0 Å². The zero-order valence-corrected chi connectivity index (χ0v) is 14.9. The molecule has 0 saturated heterocycles.